The second kappa shape index (κ2) is 5.89. The van der Waals surface area contributed by atoms with E-state index in [9.17, 15) is 4.39 Å². The zero-order valence-corrected chi connectivity index (χ0v) is 10.9. The van der Waals surface area contributed by atoms with Crippen LogP contribution in [0.2, 0.25) is 0 Å². The quantitative estimate of drug-likeness (QED) is 0.794. The SMILES string of the molecule is C=C(Oc1cccc(F)c1C#N)c1ccc(OC)cc1. The van der Waals surface area contributed by atoms with Gasteiger partial charge in [0.05, 0.1) is 7.11 Å². The Hall–Kier alpha value is -2.80. The Balaban J connectivity index is 2.23. The summed E-state index contributed by atoms with van der Waals surface area (Å²) in [5.74, 6) is 0.570. The summed E-state index contributed by atoms with van der Waals surface area (Å²) in [6.07, 6.45) is 0. The van der Waals surface area contributed by atoms with Gasteiger partial charge in [-0.2, -0.15) is 5.26 Å². The zero-order valence-electron chi connectivity index (χ0n) is 10.9. The molecule has 4 heteroatoms. The maximum atomic E-state index is 13.5. The van der Waals surface area contributed by atoms with Crippen LogP contribution in [0.4, 0.5) is 4.39 Å². The molecule has 3 nitrogen and oxygen atoms in total. The second-order valence-corrected chi connectivity index (χ2v) is 3.98. The van der Waals surface area contributed by atoms with E-state index in [1.165, 1.54) is 18.2 Å². The molecule has 2 aromatic carbocycles. The van der Waals surface area contributed by atoms with Gasteiger partial charge in [0, 0.05) is 5.56 Å². The Morgan fingerprint density at radius 2 is 1.90 bits per heavy atom. The molecule has 0 bridgehead atoms. The molecule has 0 spiro atoms. The lowest BCUT2D eigenvalue weighted by atomic mass is 10.2. The average Bonchev–Trinajstić information content (AvgIpc) is 2.47. The molecule has 0 radical (unpaired) electrons. The van der Waals surface area contributed by atoms with Crippen LogP contribution < -0.4 is 9.47 Å². The van der Waals surface area contributed by atoms with E-state index in [0.717, 1.165) is 5.56 Å². The first-order valence-electron chi connectivity index (χ1n) is 5.85. The van der Waals surface area contributed by atoms with E-state index in [1.54, 1.807) is 37.4 Å². The van der Waals surface area contributed by atoms with Crippen LogP contribution in [0.25, 0.3) is 5.76 Å². The molecule has 0 aliphatic carbocycles. The van der Waals surface area contributed by atoms with E-state index in [-0.39, 0.29) is 11.3 Å². The molecular weight excluding hydrogens is 257 g/mol. The molecule has 20 heavy (non-hydrogen) atoms. The normalized spacial score (nSPS) is 9.65. The second-order valence-electron chi connectivity index (χ2n) is 3.98. The van der Waals surface area contributed by atoms with Crippen molar-refractivity contribution in [3.63, 3.8) is 0 Å². The van der Waals surface area contributed by atoms with Crippen molar-refractivity contribution in [2.75, 3.05) is 7.11 Å². The summed E-state index contributed by atoms with van der Waals surface area (Å²) in [5.41, 5.74) is 0.584. The number of nitriles is 1. The first-order valence-corrected chi connectivity index (χ1v) is 5.85. The van der Waals surface area contributed by atoms with Crippen LogP contribution >= 0.6 is 0 Å². The third-order valence-corrected chi connectivity index (χ3v) is 2.73. The van der Waals surface area contributed by atoms with Gasteiger partial charge in [0.1, 0.15) is 34.7 Å². The summed E-state index contributed by atoms with van der Waals surface area (Å²) in [6, 6.07) is 13.1. The largest absolute Gasteiger partial charge is 0.497 e. The highest BCUT2D eigenvalue weighted by molar-refractivity contribution is 5.62. The fourth-order valence-corrected chi connectivity index (χ4v) is 1.67. The van der Waals surface area contributed by atoms with E-state index in [0.29, 0.717) is 11.5 Å². The van der Waals surface area contributed by atoms with Gasteiger partial charge in [0.25, 0.3) is 0 Å². The first-order chi connectivity index (χ1) is 9.65. The van der Waals surface area contributed by atoms with E-state index in [2.05, 4.69) is 6.58 Å². The lowest BCUT2D eigenvalue weighted by molar-refractivity contribution is 0.414. The lowest BCUT2D eigenvalue weighted by Gasteiger charge is -2.11. The molecule has 0 unspecified atom stereocenters. The summed E-state index contributed by atoms with van der Waals surface area (Å²) in [7, 11) is 1.58. The third-order valence-electron chi connectivity index (χ3n) is 2.73. The summed E-state index contributed by atoms with van der Waals surface area (Å²) in [6.45, 7) is 3.79. The molecular formula is C16H12FNO2. The number of halogens is 1. The van der Waals surface area contributed by atoms with Gasteiger partial charge >= 0.3 is 0 Å². The van der Waals surface area contributed by atoms with Gasteiger partial charge in [-0.1, -0.05) is 12.6 Å². The van der Waals surface area contributed by atoms with Crippen LogP contribution in [0, 0.1) is 17.1 Å². The standard InChI is InChI=1S/C16H12FNO2/c1-11(12-6-8-13(19-2)9-7-12)20-16-5-3-4-15(17)14(16)10-18/h3-9H,1H2,2H3. The fourth-order valence-electron chi connectivity index (χ4n) is 1.67. The van der Waals surface area contributed by atoms with Gasteiger partial charge in [-0.15, -0.1) is 0 Å². The molecule has 2 aromatic rings. The van der Waals surface area contributed by atoms with Gasteiger partial charge < -0.3 is 9.47 Å². The van der Waals surface area contributed by atoms with Gasteiger partial charge in [0.2, 0.25) is 0 Å². The van der Waals surface area contributed by atoms with E-state index in [4.69, 9.17) is 14.7 Å². The topological polar surface area (TPSA) is 42.2 Å². The average molecular weight is 269 g/mol. The zero-order chi connectivity index (χ0) is 14.5. The van der Waals surface area contributed by atoms with Crippen molar-refractivity contribution in [2.45, 2.75) is 0 Å². The summed E-state index contributed by atoms with van der Waals surface area (Å²) in [4.78, 5) is 0. The summed E-state index contributed by atoms with van der Waals surface area (Å²) in [5, 5.41) is 8.93. The number of benzene rings is 2. The molecule has 0 atom stereocenters. The van der Waals surface area contributed by atoms with Gasteiger partial charge in [0.15, 0.2) is 0 Å². The molecule has 0 aromatic heterocycles. The van der Waals surface area contributed by atoms with Crippen LogP contribution in [0.3, 0.4) is 0 Å². The molecule has 100 valence electrons. The highest BCUT2D eigenvalue weighted by atomic mass is 19.1. The molecule has 0 saturated heterocycles. The predicted octanol–water partition coefficient (Wildman–Crippen LogP) is 3.76. The predicted molar refractivity (Wildman–Crippen MR) is 73.8 cm³/mol. The highest BCUT2D eigenvalue weighted by Crippen LogP contribution is 2.26. The van der Waals surface area contributed by atoms with Crippen molar-refractivity contribution in [3.05, 3.63) is 66.0 Å². The Bertz CT molecular complexity index is 672. The first kappa shape index (κ1) is 13.6. The Morgan fingerprint density at radius 1 is 1.20 bits per heavy atom. The highest BCUT2D eigenvalue weighted by Gasteiger charge is 2.11. The minimum atomic E-state index is -0.618. The van der Waals surface area contributed by atoms with Gasteiger partial charge in [-0.25, -0.2) is 4.39 Å². The molecule has 0 amide bonds. The van der Waals surface area contributed by atoms with Crippen LogP contribution in [-0.4, -0.2) is 7.11 Å². The number of methoxy groups -OCH3 is 1. The Labute approximate surface area is 116 Å². The van der Waals surface area contributed by atoms with E-state index < -0.39 is 5.82 Å². The molecule has 0 fully saturated rings. The molecule has 0 N–H and O–H groups in total. The van der Waals surface area contributed by atoms with Crippen molar-refractivity contribution < 1.29 is 13.9 Å². The molecule has 0 aliphatic rings. The lowest BCUT2D eigenvalue weighted by Crippen LogP contribution is -1.97. The number of rotatable bonds is 4. The van der Waals surface area contributed by atoms with Crippen molar-refractivity contribution >= 4 is 5.76 Å². The smallest absolute Gasteiger partial charge is 0.148 e. The molecule has 0 heterocycles. The minimum Gasteiger partial charge on any atom is -0.497 e. The van der Waals surface area contributed by atoms with Crippen LogP contribution in [0.5, 0.6) is 11.5 Å². The van der Waals surface area contributed by atoms with Gasteiger partial charge in [-0.05, 0) is 36.4 Å². The van der Waals surface area contributed by atoms with Crippen molar-refractivity contribution in [2.24, 2.45) is 0 Å². The molecule has 0 aliphatic heterocycles. The summed E-state index contributed by atoms with van der Waals surface area (Å²) >= 11 is 0. The van der Waals surface area contributed by atoms with Crippen LogP contribution in [-0.2, 0) is 0 Å². The molecule has 2 rings (SSSR count). The number of ether oxygens (including phenoxy) is 2. The molecule has 0 saturated carbocycles. The summed E-state index contributed by atoms with van der Waals surface area (Å²) < 4.78 is 24.0. The van der Waals surface area contributed by atoms with Crippen molar-refractivity contribution in [3.8, 4) is 17.6 Å². The van der Waals surface area contributed by atoms with Crippen LogP contribution in [0.1, 0.15) is 11.1 Å². The Kier molecular flexibility index (Phi) is 4.02. The van der Waals surface area contributed by atoms with E-state index in [1.807, 2.05) is 0 Å². The number of hydrogen-bond donors (Lipinski definition) is 0. The van der Waals surface area contributed by atoms with Crippen molar-refractivity contribution in [1.82, 2.24) is 0 Å². The maximum Gasteiger partial charge on any atom is 0.148 e. The van der Waals surface area contributed by atoms with E-state index >= 15 is 0 Å². The number of hydrogen-bond acceptors (Lipinski definition) is 3. The third kappa shape index (κ3) is 2.78. The monoisotopic (exact) mass is 269 g/mol. The van der Waals surface area contributed by atoms with Crippen molar-refractivity contribution in [1.29, 1.82) is 5.26 Å². The minimum absolute atomic E-state index is 0.137. The van der Waals surface area contributed by atoms with Gasteiger partial charge in [-0.3, -0.25) is 0 Å². The maximum absolute atomic E-state index is 13.5. The Morgan fingerprint density at radius 3 is 2.50 bits per heavy atom. The fraction of sp³-hybridized carbons (Fsp3) is 0.0625. The van der Waals surface area contributed by atoms with Crippen LogP contribution in [0.15, 0.2) is 49.0 Å². The number of nitrogens with zero attached hydrogens (tertiary/aromatic N) is 1.